The van der Waals surface area contributed by atoms with Crippen LogP contribution in [0.3, 0.4) is 0 Å². The second kappa shape index (κ2) is 7.17. The van der Waals surface area contributed by atoms with Gasteiger partial charge in [0.15, 0.2) is 0 Å². The molecule has 0 saturated heterocycles. The molecule has 1 N–H and O–H groups in total. The number of esters is 2. The molecule has 0 unspecified atom stereocenters. The van der Waals surface area contributed by atoms with E-state index in [0.717, 1.165) is 5.56 Å². The van der Waals surface area contributed by atoms with Crippen LogP contribution in [0.2, 0.25) is 0 Å². The number of hydrogen-bond donors (Lipinski definition) is 1. The van der Waals surface area contributed by atoms with Crippen LogP contribution in [-0.4, -0.2) is 23.7 Å². The standard InChI is InChI=1S/C20H20O6/c1-11-18(26-13(3)22)9-8-16-19(23)17(10-24-20(11)16)14-4-6-15(7-5-14)25-12(2)21/h4-9,17,19,23H,10H2,1-3H3/t17-,19-/m0/s1. The first-order valence-electron chi connectivity index (χ1n) is 8.28. The Labute approximate surface area is 151 Å². The molecule has 2 aromatic carbocycles. The molecular weight excluding hydrogens is 336 g/mol. The molecule has 0 spiro atoms. The van der Waals surface area contributed by atoms with Crippen molar-refractivity contribution in [1.29, 1.82) is 0 Å². The van der Waals surface area contributed by atoms with Crippen LogP contribution in [0.5, 0.6) is 17.2 Å². The number of aliphatic hydroxyl groups excluding tert-OH is 1. The van der Waals surface area contributed by atoms with Crippen LogP contribution >= 0.6 is 0 Å². The van der Waals surface area contributed by atoms with Crippen molar-refractivity contribution in [3.63, 3.8) is 0 Å². The Balaban J connectivity index is 1.85. The summed E-state index contributed by atoms with van der Waals surface area (Å²) in [4.78, 5) is 22.2. The van der Waals surface area contributed by atoms with E-state index in [1.807, 2.05) is 0 Å². The lowest BCUT2D eigenvalue weighted by Crippen LogP contribution is -2.25. The van der Waals surface area contributed by atoms with E-state index in [2.05, 4.69) is 0 Å². The predicted octanol–water partition coefficient (Wildman–Crippen LogP) is 3.06. The normalized spacial score (nSPS) is 18.5. The lowest BCUT2D eigenvalue weighted by atomic mass is 9.86. The zero-order valence-electron chi connectivity index (χ0n) is 14.8. The van der Waals surface area contributed by atoms with Crippen LogP contribution in [0.15, 0.2) is 36.4 Å². The van der Waals surface area contributed by atoms with Crippen molar-refractivity contribution in [3.8, 4) is 17.2 Å². The topological polar surface area (TPSA) is 82.1 Å². The molecule has 6 heteroatoms. The van der Waals surface area contributed by atoms with Gasteiger partial charge >= 0.3 is 11.9 Å². The summed E-state index contributed by atoms with van der Waals surface area (Å²) in [5.41, 5.74) is 2.21. The van der Waals surface area contributed by atoms with Gasteiger partial charge < -0.3 is 19.3 Å². The molecule has 0 aromatic heterocycles. The Bertz CT molecular complexity index is 840. The van der Waals surface area contributed by atoms with Crippen LogP contribution in [-0.2, 0) is 9.59 Å². The molecule has 136 valence electrons. The molecule has 26 heavy (non-hydrogen) atoms. The molecule has 6 nitrogen and oxygen atoms in total. The molecule has 1 aliphatic heterocycles. The van der Waals surface area contributed by atoms with Gasteiger partial charge in [0.25, 0.3) is 0 Å². The maximum atomic E-state index is 11.2. The monoisotopic (exact) mass is 356 g/mol. The van der Waals surface area contributed by atoms with Gasteiger partial charge in [0, 0.05) is 30.9 Å². The minimum atomic E-state index is -0.761. The van der Waals surface area contributed by atoms with Gasteiger partial charge in [-0.1, -0.05) is 12.1 Å². The van der Waals surface area contributed by atoms with Crippen LogP contribution in [0.1, 0.15) is 42.6 Å². The highest BCUT2D eigenvalue weighted by atomic mass is 16.5. The number of ether oxygens (including phenoxy) is 3. The van der Waals surface area contributed by atoms with E-state index >= 15 is 0 Å². The fourth-order valence-electron chi connectivity index (χ4n) is 3.09. The van der Waals surface area contributed by atoms with Crippen molar-refractivity contribution in [3.05, 3.63) is 53.1 Å². The van der Waals surface area contributed by atoms with E-state index in [-0.39, 0.29) is 18.5 Å². The summed E-state index contributed by atoms with van der Waals surface area (Å²) in [6.45, 7) is 4.75. The molecule has 0 bridgehead atoms. The molecule has 0 saturated carbocycles. The SMILES string of the molecule is CC(=O)Oc1ccc([C@@H]2COc3c(ccc(OC(C)=O)c3C)[C@@H]2O)cc1. The third kappa shape index (κ3) is 3.55. The molecule has 0 fully saturated rings. The molecular formula is C20H20O6. The van der Waals surface area contributed by atoms with Gasteiger partial charge in [0.2, 0.25) is 0 Å². The molecule has 2 atom stereocenters. The molecule has 3 rings (SSSR count). The number of fused-ring (bicyclic) bond motifs is 1. The highest BCUT2D eigenvalue weighted by molar-refractivity contribution is 5.70. The number of carbonyl (C=O) groups is 2. The maximum absolute atomic E-state index is 11.2. The molecule has 0 aliphatic carbocycles. The molecule has 2 aromatic rings. The Morgan fingerprint density at radius 1 is 1.04 bits per heavy atom. The van der Waals surface area contributed by atoms with Gasteiger partial charge in [-0.05, 0) is 36.8 Å². The van der Waals surface area contributed by atoms with Crippen LogP contribution in [0.25, 0.3) is 0 Å². The summed E-state index contributed by atoms with van der Waals surface area (Å²) < 4.78 is 16.1. The van der Waals surface area contributed by atoms with Crippen molar-refractivity contribution in [2.45, 2.75) is 32.8 Å². The lowest BCUT2D eigenvalue weighted by molar-refractivity contribution is -0.132. The quantitative estimate of drug-likeness (QED) is 0.672. The van der Waals surface area contributed by atoms with Crippen LogP contribution < -0.4 is 14.2 Å². The maximum Gasteiger partial charge on any atom is 0.308 e. The Hall–Kier alpha value is -2.86. The third-order valence-electron chi connectivity index (χ3n) is 4.32. The van der Waals surface area contributed by atoms with Gasteiger partial charge in [-0.2, -0.15) is 0 Å². The Morgan fingerprint density at radius 3 is 2.31 bits per heavy atom. The predicted molar refractivity (Wildman–Crippen MR) is 93.4 cm³/mol. The van der Waals surface area contributed by atoms with E-state index in [4.69, 9.17) is 14.2 Å². The highest BCUT2D eigenvalue weighted by Gasteiger charge is 2.32. The first-order chi connectivity index (χ1) is 12.4. The van der Waals surface area contributed by atoms with Crippen molar-refractivity contribution in [1.82, 2.24) is 0 Å². The first-order valence-corrected chi connectivity index (χ1v) is 8.28. The molecule has 1 aliphatic rings. The highest BCUT2D eigenvalue weighted by Crippen LogP contribution is 2.44. The summed E-state index contributed by atoms with van der Waals surface area (Å²) >= 11 is 0. The van der Waals surface area contributed by atoms with Gasteiger partial charge in [-0.3, -0.25) is 9.59 Å². The molecule has 1 heterocycles. The number of aliphatic hydroxyl groups is 1. The fraction of sp³-hybridized carbons (Fsp3) is 0.300. The van der Waals surface area contributed by atoms with Crippen molar-refractivity contribution in [2.24, 2.45) is 0 Å². The van der Waals surface area contributed by atoms with Crippen molar-refractivity contribution < 1.29 is 28.9 Å². The van der Waals surface area contributed by atoms with Gasteiger partial charge in [0.05, 0.1) is 12.7 Å². The van der Waals surface area contributed by atoms with E-state index in [9.17, 15) is 14.7 Å². The Kier molecular flexibility index (Phi) is 4.95. The zero-order chi connectivity index (χ0) is 18.8. The number of carbonyl (C=O) groups excluding carboxylic acids is 2. The molecule has 0 radical (unpaired) electrons. The average molecular weight is 356 g/mol. The van der Waals surface area contributed by atoms with E-state index in [0.29, 0.717) is 28.4 Å². The van der Waals surface area contributed by atoms with Gasteiger partial charge in [-0.25, -0.2) is 0 Å². The number of hydrogen-bond acceptors (Lipinski definition) is 6. The van der Waals surface area contributed by atoms with Crippen LogP contribution in [0, 0.1) is 6.92 Å². The summed E-state index contributed by atoms with van der Waals surface area (Å²) in [5.74, 6) is 0.376. The zero-order valence-corrected chi connectivity index (χ0v) is 14.8. The smallest absolute Gasteiger partial charge is 0.308 e. The van der Waals surface area contributed by atoms with Gasteiger partial charge in [0.1, 0.15) is 17.2 Å². The van der Waals surface area contributed by atoms with Crippen molar-refractivity contribution >= 4 is 11.9 Å². The fourth-order valence-corrected chi connectivity index (χ4v) is 3.09. The van der Waals surface area contributed by atoms with Crippen molar-refractivity contribution in [2.75, 3.05) is 6.61 Å². The second-order valence-electron chi connectivity index (χ2n) is 6.23. The third-order valence-corrected chi connectivity index (χ3v) is 4.32. The summed E-state index contributed by atoms with van der Waals surface area (Å²) in [7, 11) is 0. The summed E-state index contributed by atoms with van der Waals surface area (Å²) in [6.07, 6.45) is -0.761. The molecule has 0 amide bonds. The van der Waals surface area contributed by atoms with E-state index in [1.165, 1.54) is 13.8 Å². The minimum Gasteiger partial charge on any atom is -0.492 e. The van der Waals surface area contributed by atoms with Crippen LogP contribution in [0.4, 0.5) is 0 Å². The van der Waals surface area contributed by atoms with Gasteiger partial charge in [-0.15, -0.1) is 0 Å². The minimum absolute atomic E-state index is 0.257. The second-order valence-corrected chi connectivity index (χ2v) is 6.23. The summed E-state index contributed by atoms with van der Waals surface area (Å²) in [5, 5.41) is 10.8. The summed E-state index contributed by atoms with van der Waals surface area (Å²) in [6, 6.07) is 10.4. The number of rotatable bonds is 3. The lowest BCUT2D eigenvalue weighted by Gasteiger charge is -2.32. The first kappa shape index (κ1) is 17.9. The average Bonchev–Trinajstić information content (AvgIpc) is 2.58. The largest absolute Gasteiger partial charge is 0.492 e. The Morgan fingerprint density at radius 2 is 1.69 bits per heavy atom. The number of benzene rings is 2. The van der Waals surface area contributed by atoms with E-state index < -0.39 is 12.1 Å². The van der Waals surface area contributed by atoms with E-state index in [1.54, 1.807) is 43.3 Å².